The van der Waals surface area contributed by atoms with Crippen LogP contribution >= 0.6 is 0 Å². The normalized spacial score (nSPS) is 27.1. The Bertz CT molecular complexity index is 202. The molecule has 76 valence electrons. The number of carbonyl (C=O) groups is 1. The molecule has 1 amide bonds. The van der Waals surface area contributed by atoms with E-state index in [4.69, 9.17) is 0 Å². The molecule has 1 N–H and O–H groups in total. The highest BCUT2D eigenvalue weighted by Gasteiger charge is 2.45. The average molecular weight is 195 g/mol. The van der Waals surface area contributed by atoms with Gasteiger partial charge in [-0.15, -0.1) is 0 Å². The summed E-state index contributed by atoms with van der Waals surface area (Å²) in [6.07, 6.45) is -2.21. The van der Waals surface area contributed by atoms with Gasteiger partial charge in [0.2, 0.25) is 0 Å². The van der Waals surface area contributed by atoms with E-state index in [1.807, 2.05) is 12.2 Å². The Kier molecular flexibility index (Phi) is 2.83. The number of nitrogens with one attached hydrogen (secondary N) is 1. The fraction of sp³-hybridized carbons (Fsp3) is 0.875. The van der Waals surface area contributed by atoms with E-state index in [9.17, 15) is 18.0 Å². The summed E-state index contributed by atoms with van der Waals surface area (Å²) in [4.78, 5) is 10.4. The molecule has 0 saturated heterocycles. The van der Waals surface area contributed by atoms with Gasteiger partial charge in [0.1, 0.15) is 0 Å². The van der Waals surface area contributed by atoms with Crippen LogP contribution in [0.25, 0.3) is 0 Å². The van der Waals surface area contributed by atoms with E-state index in [-0.39, 0.29) is 12.0 Å². The van der Waals surface area contributed by atoms with Crippen LogP contribution in [0.4, 0.5) is 13.2 Å². The molecule has 5 heteroatoms. The molecule has 0 heterocycles. The lowest BCUT2D eigenvalue weighted by atomic mass is 10.2. The molecule has 2 atom stereocenters. The van der Waals surface area contributed by atoms with Crippen molar-refractivity contribution >= 4 is 5.91 Å². The number of hydrogen-bond donors (Lipinski definition) is 1. The van der Waals surface area contributed by atoms with Gasteiger partial charge < -0.3 is 5.32 Å². The Morgan fingerprint density at radius 2 is 2.15 bits per heavy atom. The molecule has 0 aromatic carbocycles. The molecule has 13 heavy (non-hydrogen) atoms. The lowest BCUT2D eigenvalue weighted by Crippen LogP contribution is -2.38. The molecule has 1 aliphatic rings. The van der Waals surface area contributed by atoms with Crippen molar-refractivity contribution in [2.24, 2.45) is 5.92 Å². The van der Waals surface area contributed by atoms with Crippen molar-refractivity contribution in [2.45, 2.75) is 38.4 Å². The van der Waals surface area contributed by atoms with Gasteiger partial charge in [0.25, 0.3) is 0 Å². The van der Waals surface area contributed by atoms with Gasteiger partial charge in [-0.3, -0.25) is 4.79 Å². The fourth-order valence-electron chi connectivity index (χ4n) is 1.36. The summed E-state index contributed by atoms with van der Waals surface area (Å²) in [5.74, 6) is -1.55. The summed E-state index contributed by atoms with van der Waals surface area (Å²) >= 11 is 0. The lowest BCUT2D eigenvalue weighted by Gasteiger charge is -2.06. The summed E-state index contributed by atoms with van der Waals surface area (Å²) in [6.45, 7) is 1.97. The summed E-state index contributed by atoms with van der Waals surface area (Å²) in [5.41, 5.74) is 0. The number of rotatable bonds is 3. The largest absolute Gasteiger partial charge is 0.471 e. The van der Waals surface area contributed by atoms with E-state index < -0.39 is 12.1 Å². The number of halogens is 3. The lowest BCUT2D eigenvalue weighted by molar-refractivity contribution is -0.173. The molecule has 0 radical (unpaired) electrons. The molecule has 0 aromatic heterocycles. The van der Waals surface area contributed by atoms with E-state index in [1.165, 1.54) is 0 Å². The maximum Gasteiger partial charge on any atom is 0.471 e. The van der Waals surface area contributed by atoms with Crippen LogP contribution in [-0.2, 0) is 4.79 Å². The van der Waals surface area contributed by atoms with Gasteiger partial charge in [0, 0.05) is 6.04 Å². The Labute approximate surface area is 74.5 Å². The second kappa shape index (κ2) is 3.55. The molecule has 1 rings (SSSR count). The second-order valence-corrected chi connectivity index (χ2v) is 3.36. The van der Waals surface area contributed by atoms with Gasteiger partial charge >= 0.3 is 12.1 Å². The van der Waals surface area contributed by atoms with Crippen LogP contribution in [0.1, 0.15) is 26.2 Å². The minimum atomic E-state index is -4.74. The first-order valence-corrected chi connectivity index (χ1v) is 4.32. The van der Waals surface area contributed by atoms with E-state index in [2.05, 4.69) is 0 Å². The van der Waals surface area contributed by atoms with E-state index in [1.54, 1.807) is 0 Å². The standard InChI is InChI=1S/C8H12F3NO/c1-2-3-5-4-6(5)12-7(13)8(9,10)11/h5-6H,2-4H2,1H3,(H,12,13). The first-order chi connectivity index (χ1) is 5.95. The van der Waals surface area contributed by atoms with Crippen molar-refractivity contribution in [1.29, 1.82) is 0 Å². The zero-order valence-corrected chi connectivity index (χ0v) is 7.32. The maximum atomic E-state index is 11.7. The summed E-state index contributed by atoms with van der Waals surface area (Å²) < 4.78 is 35.2. The molecule has 1 saturated carbocycles. The predicted octanol–water partition coefficient (Wildman–Crippen LogP) is 1.85. The molecule has 1 aliphatic carbocycles. The molecule has 2 nitrogen and oxygen atoms in total. The molecular formula is C8H12F3NO. The second-order valence-electron chi connectivity index (χ2n) is 3.36. The van der Waals surface area contributed by atoms with Gasteiger partial charge in [0.15, 0.2) is 0 Å². The topological polar surface area (TPSA) is 29.1 Å². The number of alkyl halides is 3. The molecule has 0 aromatic rings. The fourth-order valence-corrected chi connectivity index (χ4v) is 1.36. The monoisotopic (exact) mass is 195 g/mol. The van der Waals surface area contributed by atoms with Crippen molar-refractivity contribution in [1.82, 2.24) is 5.32 Å². The molecule has 1 fully saturated rings. The van der Waals surface area contributed by atoms with Crippen molar-refractivity contribution in [3.05, 3.63) is 0 Å². The summed E-state index contributed by atoms with van der Waals surface area (Å²) in [5, 5.41) is 1.96. The van der Waals surface area contributed by atoms with Crippen LogP contribution in [0.15, 0.2) is 0 Å². The van der Waals surface area contributed by atoms with E-state index >= 15 is 0 Å². The van der Waals surface area contributed by atoms with Gasteiger partial charge in [-0.1, -0.05) is 13.3 Å². The highest BCUT2D eigenvalue weighted by Crippen LogP contribution is 2.35. The van der Waals surface area contributed by atoms with Gasteiger partial charge in [-0.05, 0) is 18.8 Å². The Morgan fingerprint density at radius 3 is 2.62 bits per heavy atom. The number of carbonyl (C=O) groups excluding carboxylic acids is 1. The highest BCUT2D eigenvalue weighted by molar-refractivity contribution is 5.82. The number of hydrogen-bond acceptors (Lipinski definition) is 1. The Morgan fingerprint density at radius 1 is 1.54 bits per heavy atom. The summed E-state index contributed by atoms with van der Waals surface area (Å²) in [6, 6.07) is -0.242. The zero-order valence-electron chi connectivity index (χ0n) is 7.32. The van der Waals surface area contributed by atoms with Gasteiger partial charge in [-0.25, -0.2) is 0 Å². The highest BCUT2D eigenvalue weighted by atomic mass is 19.4. The van der Waals surface area contributed by atoms with Crippen LogP contribution in [0, 0.1) is 5.92 Å². The van der Waals surface area contributed by atoms with E-state index in [0.29, 0.717) is 6.42 Å². The van der Waals surface area contributed by atoms with Crippen LogP contribution in [0.3, 0.4) is 0 Å². The average Bonchev–Trinajstić information content (AvgIpc) is 2.66. The number of amides is 1. The third-order valence-electron chi connectivity index (χ3n) is 2.16. The van der Waals surface area contributed by atoms with Crippen LogP contribution in [0.5, 0.6) is 0 Å². The summed E-state index contributed by atoms with van der Waals surface area (Å²) in [7, 11) is 0. The molecule has 0 spiro atoms. The smallest absolute Gasteiger partial charge is 0.345 e. The van der Waals surface area contributed by atoms with E-state index in [0.717, 1.165) is 12.8 Å². The van der Waals surface area contributed by atoms with Crippen molar-refractivity contribution in [2.75, 3.05) is 0 Å². The molecule has 0 bridgehead atoms. The first kappa shape index (κ1) is 10.3. The minimum Gasteiger partial charge on any atom is -0.345 e. The SMILES string of the molecule is CCCC1CC1NC(=O)C(F)(F)F. The third kappa shape index (κ3) is 2.90. The Balaban J connectivity index is 2.25. The zero-order chi connectivity index (χ0) is 10.1. The molecular weight excluding hydrogens is 183 g/mol. The van der Waals surface area contributed by atoms with Crippen LogP contribution < -0.4 is 5.32 Å². The molecule has 2 unspecified atom stereocenters. The van der Waals surface area contributed by atoms with Gasteiger partial charge in [-0.2, -0.15) is 13.2 Å². The van der Waals surface area contributed by atoms with Crippen LogP contribution in [0.2, 0.25) is 0 Å². The van der Waals surface area contributed by atoms with Crippen LogP contribution in [-0.4, -0.2) is 18.1 Å². The molecule has 0 aliphatic heterocycles. The predicted molar refractivity (Wildman–Crippen MR) is 41.0 cm³/mol. The third-order valence-corrected chi connectivity index (χ3v) is 2.16. The van der Waals surface area contributed by atoms with Crippen molar-refractivity contribution in [3.63, 3.8) is 0 Å². The Hall–Kier alpha value is -0.740. The quantitative estimate of drug-likeness (QED) is 0.731. The first-order valence-electron chi connectivity index (χ1n) is 4.32. The van der Waals surface area contributed by atoms with Crippen molar-refractivity contribution in [3.8, 4) is 0 Å². The maximum absolute atomic E-state index is 11.7. The minimum absolute atomic E-state index is 0.242. The van der Waals surface area contributed by atoms with Crippen molar-refractivity contribution < 1.29 is 18.0 Å². The van der Waals surface area contributed by atoms with Gasteiger partial charge in [0.05, 0.1) is 0 Å².